The molecule has 0 aromatic carbocycles. The zero-order valence-electron chi connectivity index (χ0n) is 30.6. The number of carbonyl (C=O) groups is 1. The van der Waals surface area contributed by atoms with Crippen LogP contribution in [-0.4, -0.2) is 114 Å². The molecule has 5 heterocycles. The Balaban J connectivity index is 1.08. The van der Waals surface area contributed by atoms with Gasteiger partial charge in [-0.15, -0.1) is 0 Å². The highest BCUT2D eigenvalue weighted by molar-refractivity contribution is 5.99. The molecule has 8 N–H and O–H groups in total. The smallest absolute Gasteiger partial charge is 0.208 e. The number of hydrogen-bond acceptors (Lipinski definition) is 12. The highest BCUT2D eigenvalue weighted by Crippen LogP contribution is 2.82. The highest BCUT2D eigenvalue weighted by Gasteiger charge is 2.92. The number of aliphatic hydroxyl groups is 8. The molecule has 12 nitrogen and oxygen atoms in total. The van der Waals surface area contributed by atoms with Gasteiger partial charge in [0.15, 0.2) is 11.4 Å². The number of carbonyl (C=O) groups excluding carboxylic acids is 1. The second-order valence-corrected chi connectivity index (χ2v) is 20.9. The molecule has 12 heteroatoms. The molecule has 5 aliphatic heterocycles. The van der Waals surface area contributed by atoms with Crippen LogP contribution >= 0.6 is 0 Å². The van der Waals surface area contributed by atoms with Gasteiger partial charge in [0.25, 0.3) is 0 Å². The van der Waals surface area contributed by atoms with E-state index in [1.165, 1.54) is 0 Å². The predicted octanol–water partition coefficient (Wildman–Crippen LogP) is 0.887. The van der Waals surface area contributed by atoms with Crippen molar-refractivity contribution in [2.24, 2.45) is 68.0 Å². The minimum absolute atomic E-state index is 0.0165. The summed E-state index contributed by atoms with van der Waals surface area (Å²) in [6.07, 6.45) is -2.94. The summed E-state index contributed by atoms with van der Waals surface area (Å²) in [6.45, 7) is 8.13. The molecule has 8 bridgehead atoms. The third-order valence-corrected chi connectivity index (χ3v) is 19.1. The van der Waals surface area contributed by atoms with Crippen molar-refractivity contribution in [3.8, 4) is 0 Å². The molecule has 7 saturated carbocycles. The Morgan fingerprint density at radius 3 is 1.71 bits per heavy atom. The van der Waals surface area contributed by atoms with Crippen molar-refractivity contribution in [2.45, 2.75) is 146 Å². The van der Waals surface area contributed by atoms with Gasteiger partial charge < -0.3 is 55.1 Å². The molecule has 4 saturated heterocycles. The number of Topliss-reactive ketones (excluding diaryl/α,β-unsaturated/α-hetero) is 1. The summed E-state index contributed by atoms with van der Waals surface area (Å²) in [5.41, 5.74) is -7.64. The Labute approximate surface area is 303 Å². The number of ketones is 1. The largest absolute Gasteiger partial charge is 0.483 e. The first-order chi connectivity index (χ1) is 24.3. The van der Waals surface area contributed by atoms with Crippen LogP contribution in [0.15, 0.2) is 11.3 Å². The van der Waals surface area contributed by atoms with Gasteiger partial charge in [0.05, 0.1) is 37.6 Å². The lowest BCUT2D eigenvalue weighted by Gasteiger charge is -2.75. The molecule has 0 unspecified atom stereocenters. The molecule has 52 heavy (non-hydrogen) atoms. The number of hydrogen-bond donors (Lipinski definition) is 8. The average Bonchev–Trinajstić information content (AvgIpc) is 3.27. The van der Waals surface area contributed by atoms with E-state index in [9.17, 15) is 40.9 Å². The zero-order chi connectivity index (χ0) is 36.8. The third-order valence-electron chi connectivity index (χ3n) is 19.1. The Bertz CT molecular complexity index is 1710. The summed E-state index contributed by atoms with van der Waals surface area (Å²) in [5, 5.41) is 99.2. The molecular weight excluding hydrogens is 672 g/mol. The lowest BCUT2D eigenvalue weighted by atomic mass is 9.35. The lowest BCUT2D eigenvalue weighted by molar-refractivity contribution is -0.467. The van der Waals surface area contributed by atoms with Crippen LogP contribution in [0.3, 0.4) is 0 Å². The molecule has 13 rings (SSSR count). The first kappa shape index (κ1) is 34.1. The summed E-state index contributed by atoms with van der Waals surface area (Å²) in [5.74, 6) is -8.63. The average molecular weight is 729 g/mol. The lowest BCUT2D eigenvalue weighted by Crippen LogP contribution is -2.85. The Kier molecular flexibility index (Phi) is 6.11. The minimum atomic E-state index is -2.44. The molecule has 0 aromatic heterocycles. The molecule has 5 spiro atoms. The summed E-state index contributed by atoms with van der Waals surface area (Å²) in [6, 6.07) is 0. The summed E-state index contributed by atoms with van der Waals surface area (Å²) in [4.78, 5) is 15.8. The van der Waals surface area contributed by atoms with Crippen molar-refractivity contribution in [1.29, 1.82) is 0 Å². The Morgan fingerprint density at radius 2 is 1.13 bits per heavy atom. The molecule has 8 aliphatic carbocycles. The van der Waals surface area contributed by atoms with E-state index in [4.69, 9.17) is 14.2 Å². The minimum Gasteiger partial charge on any atom is -0.483 e. The van der Waals surface area contributed by atoms with E-state index in [1.807, 2.05) is 13.8 Å². The van der Waals surface area contributed by atoms with Gasteiger partial charge in [-0.1, -0.05) is 27.7 Å². The van der Waals surface area contributed by atoms with Crippen molar-refractivity contribution < 1.29 is 59.9 Å². The topological polar surface area (TPSA) is 207 Å². The predicted molar refractivity (Wildman–Crippen MR) is 178 cm³/mol. The van der Waals surface area contributed by atoms with Gasteiger partial charge in [-0.3, -0.25) is 4.79 Å². The van der Waals surface area contributed by atoms with Gasteiger partial charge in [-0.05, 0) is 92.4 Å². The molecule has 0 amide bonds. The quantitative estimate of drug-likeness (QED) is 0.175. The molecule has 288 valence electrons. The molecule has 0 aromatic rings. The van der Waals surface area contributed by atoms with Crippen LogP contribution in [0.1, 0.15) is 91.9 Å². The molecular formula is C40H56O12. The summed E-state index contributed by atoms with van der Waals surface area (Å²) in [7, 11) is 0. The maximum atomic E-state index is 15.8. The zero-order valence-corrected chi connectivity index (χ0v) is 30.6. The van der Waals surface area contributed by atoms with Gasteiger partial charge in [-0.2, -0.15) is 0 Å². The van der Waals surface area contributed by atoms with Gasteiger partial charge in [0.2, 0.25) is 11.6 Å². The van der Waals surface area contributed by atoms with Crippen molar-refractivity contribution in [3.63, 3.8) is 0 Å². The first-order valence-electron chi connectivity index (χ1n) is 20.1. The van der Waals surface area contributed by atoms with Gasteiger partial charge in [0, 0.05) is 34.5 Å². The van der Waals surface area contributed by atoms with E-state index >= 15 is 4.79 Å². The second-order valence-electron chi connectivity index (χ2n) is 20.9. The first-order valence-corrected chi connectivity index (χ1v) is 20.1. The Hall–Kier alpha value is -1.19. The maximum absolute atomic E-state index is 15.8. The molecule has 11 fully saturated rings. The van der Waals surface area contributed by atoms with Crippen LogP contribution in [0, 0.1) is 68.0 Å². The van der Waals surface area contributed by atoms with Crippen LogP contribution in [-0.2, 0) is 19.0 Å². The number of fused-ring (bicyclic) bond motifs is 6. The van der Waals surface area contributed by atoms with Crippen molar-refractivity contribution in [3.05, 3.63) is 11.3 Å². The van der Waals surface area contributed by atoms with E-state index in [2.05, 4.69) is 13.8 Å². The third kappa shape index (κ3) is 2.91. The number of rotatable bonds is 0. The SMILES string of the molecule is CC1(C)CC[C@H](O)[C@]23CO[C@](O)([C@@H](O)[C@H]12)[C@]12C(=O)[C@]4(CCC5=C(O4)[C@]46[C@H](O)[C@H]5CC[C@H]4[C@@]45CO[C@]6(O)[C@@H](O)[C@@H]4C(C)(C)CC[C@@H]5O)[C@H](CC[C@@H]31)[C@H]2O. The standard InChI is InChI=1S/C40H56O12/c1-32(2)12-10-22(41)34-15-50-39(48,28(45)24(32)34)37-20(34)7-5-17(26(37)43)18-9-14-36(52-30(18)37)19-6-8-21-35-16-51-40(49,38(21,27(19)44)31(36)47)29(46)25(35)33(3,4)13-11-23(35)42/h17,19-29,41-46,48-49H,5-16H2,1-4H3/t17-,19+,20-,21-,22-,23-,24+,25+,26+,27+,28-,29-,34+,35+,36-,37+,38+,39+,40+/m0/s1. The molecule has 13 aliphatic rings. The highest BCUT2D eigenvalue weighted by atomic mass is 16.7. The molecule has 0 radical (unpaired) electrons. The number of aliphatic hydroxyl groups excluding tert-OH is 6. The fourth-order valence-corrected chi connectivity index (χ4v) is 17.4. The van der Waals surface area contributed by atoms with E-state index in [1.54, 1.807) is 0 Å². The van der Waals surface area contributed by atoms with Crippen LogP contribution in [0.25, 0.3) is 0 Å². The Morgan fingerprint density at radius 1 is 0.615 bits per heavy atom. The number of ether oxygens (including phenoxy) is 3. The van der Waals surface area contributed by atoms with E-state index in [-0.39, 0.29) is 25.4 Å². The van der Waals surface area contributed by atoms with Gasteiger partial charge in [0.1, 0.15) is 28.8 Å². The van der Waals surface area contributed by atoms with Crippen molar-refractivity contribution in [1.82, 2.24) is 0 Å². The van der Waals surface area contributed by atoms with Gasteiger partial charge >= 0.3 is 0 Å². The summed E-state index contributed by atoms with van der Waals surface area (Å²) >= 11 is 0. The van der Waals surface area contributed by atoms with Crippen LogP contribution in [0.5, 0.6) is 0 Å². The van der Waals surface area contributed by atoms with Crippen molar-refractivity contribution in [2.75, 3.05) is 13.2 Å². The fraction of sp³-hybridized carbons (Fsp3) is 0.925. The van der Waals surface area contributed by atoms with E-state index < -0.39 is 128 Å². The second kappa shape index (κ2) is 9.32. The molecule has 19 atom stereocenters. The summed E-state index contributed by atoms with van der Waals surface area (Å²) < 4.78 is 19.8. The fourth-order valence-electron chi connectivity index (χ4n) is 17.4. The van der Waals surface area contributed by atoms with E-state index in [0.29, 0.717) is 57.8 Å². The van der Waals surface area contributed by atoms with Crippen molar-refractivity contribution >= 4 is 5.78 Å². The van der Waals surface area contributed by atoms with Crippen LogP contribution in [0.4, 0.5) is 0 Å². The van der Waals surface area contributed by atoms with E-state index in [0.717, 1.165) is 5.57 Å². The monoisotopic (exact) mass is 728 g/mol. The van der Waals surface area contributed by atoms with Crippen LogP contribution < -0.4 is 0 Å². The normalized spacial score (nSPS) is 64.0. The maximum Gasteiger partial charge on any atom is 0.208 e. The van der Waals surface area contributed by atoms with Gasteiger partial charge in [-0.25, -0.2) is 0 Å². The van der Waals surface area contributed by atoms with Crippen LogP contribution in [0.2, 0.25) is 0 Å².